The van der Waals surface area contributed by atoms with Gasteiger partial charge in [0.1, 0.15) is 0 Å². The zero-order valence-corrected chi connectivity index (χ0v) is 11.8. The van der Waals surface area contributed by atoms with Gasteiger partial charge in [-0.15, -0.1) is 0 Å². The van der Waals surface area contributed by atoms with Crippen LogP contribution in [0.1, 0.15) is 32.1 Å². The molecule has 2 aliphatic rings. The lowest BCUT2D eigenvalue weighted by Crippen LogP contribution is -2.39. The summed E-state index contributed by atoms with van der Waals surface area (Å²) in [4.78, 5) is 24.3. The van der Waals surface area contributed by atoms with Gasteiger partial charge < -0.3 is 20.1 Å². The first kappa shape index (κ1) is 15.1. The van der Waals surface area contributed by atoms with E-state index in [1.165, 1.54) is 0 Å². The van der Waals surface area contributed by atoms with Gasteiger partial charge >= 0.3 is 12.0 Å². The monoisotopic (exact) mass is 284 g/mol. The van der Waals surface area contributed by atoms with Gasteiger partial charge in [-0.05, 0) is 37.5 Å². The Hall–Kier alpha value is -1.30. The van der Waals surface area contributed by atoms with E-state index in [2.05, 4.69) is 5.32 Å². The average Bonchev–Trinajstić information content (AvgIpc) is 3.07. The van der Waals surface area contributed by atoms with Crippen molar-refractivity contribution in [3.8, 4) is 0 Å². The Labute approximate surface area is 119 Å². The summed E-state index contributed by atoms with van der Waals surface area (Å²) in [6.07, 6.45) is 3.84. The molecule has 0 aromatic rings. The molecule has 6 nitrogen and oxygen atoms in total. The van der Waals surface area contributed by atoms with E-state index in [0.29, 0.717) is 31.3 Å². The third-order valence-corrected chi connectivity index (χ3v) is 4.19. The van der Waals surface area contributed by atoms with Gasteiger partial charge in [0.25, 0.3) is 0 Å². The third-order valence-electron chi connectivity index (χ3n) is 4.19. The molecule has 2 aliphatic heterocycles. The summed E-state index contributed by atoms with van der Waals surface area (Å²) in [6.45, 7) is 3.78. The zero-order chi connectivity index (χ0) is 14.4. The van der Waals surface area contributed by atoms with Crippen molar-refractivity contribution in [2.75, 3.05) is 32.8 Å². The van der Waals surface area contributed by atoms with E-state index in [-0.39, 0.29) is 12.5 Å². The van der Waals surface area contributed by atoms with Crippen molar-refractivity contribution in [1.82, 2.24) is 10.2 Å². The summed E-state index contributed by atoms with van der Waals surface area (Å²) in [7, 11) is 0. The Morgan fingerprint density at radius 2 is 2.10 bits per heavy atom. The molecule has 0 aromatic heterocycles. The van der Waals surface area contributed by atoms with Crippen LogP contribution in [-0.2, 0) is 9.53 Å². The summed E-state index contributed by atoms with van der Waals surface area (Å²) in [5, 5.41) is 11.6. The Morgan fingerprint density at radius 1 is 1.25 bits per heavy atom. The molecule has 2 saturated heterocycles. The highest BCUT2D eigenvalue weighted by molar-refractivity contribution is 5.74. The number of nitrogens with one attached hydrogen (secondary N) is 1. The SMILES string of the molecule is O=C(O)CCC1CCN(C(=O)NCCC2CCOC2)C1. The molecule has 0 spiro atoms. The summed E-state index contributed by atoms with van der Waals surface area (Å²) in [5.74, 6) is 0.156. The molecule has 0 saturated carbocycles. The van der Waals surface area contributed by atoms with Crippen LogP contribution in [0.3, 0.4) is 0 Å². The van der Waals surface area contributed by atoms with Gasteiger partial charge in [-0.2, -0.15) is 0 Å². The van der Waals surface area contributed by atoms with Gasteiger partial charge in [0.05, 0.1) is 0 Å². The van der Waals surface area contributed by atoms with Gasteiger partial charge in [0.2, 0.25) is 0 Å². The number of carboxylic acids is 1. The van der Waals surface area contributed by atoms with Crippen LogP contribution in [0.15, 0.2) is 0 Å². The van der Waals surface area contributed by atoms with Crippen LogP contribution >= 0.6 is 0 Å². The largest absolute Gasteiger partial charge is 0.481 e. The highest BCUT2D eigenvalue weighted by Gasteiger charge is 2.26. The maximum absolute atomic E-state index is 12.0. The second kappa shape index (κ2) is 7.47. The maximum atomic E-state index is 12.0. The smallest absolute Gasteiger partial charge is 0.317 e. The number of nitrogens with zero attached hydrogens (tertiary/aromatic N) is 1. The number of hydrogen-bond acceptors (Lipinski definition) is 3. The molecule has 2 fully saturated rings. The molecular weight excluding hydrogens is 260 g/mol. The molecular formula is C14H24N2O4. The molecule has 114 valence electrons. The van der Waals surface area contributed by atoms with E-state index in [1.54, 1.807) is 4.90 Å². The molecule has 0 bridgehead atoms. The van der Waals surface area contributed by atoms with Gasteiger partial charge in [0, 0.05) is 39.3 Å². The second-order valence-electron chi connectivity index (χ2n) is 5.78. The fourth-order valence-corrected chi connectivity index (χ4v) is 2.89. The summed E-state index contributed by atoms with van der Waals surface area (Å²) in [6, 6.07) is -0.0123. The van der Waals surface area contributed by atoms with Gasteiger partial charge in [-0.1, -0.05) is 0 Å². The summed E-state index contributed by atoms with van der Waals surface area (Å²) < 4.78 is 5.30. The van der Waals surface area contributed by atoms with Crippen molar-refractivity contribution >= 4 is 12.0 Å². The second-order valence-corrected chi connectivity index (χ2v) is 5.78. The van der Waals surface area contributed by atoms with Crippen molar-refractivity contribution in [2.24, 2.45) is 11.8 Å². The van der Waals surface area contributed by atoms with Gasteiger partial charge in [-0.3, -0.25) is 4.79 Å². The minimum atomic E-state index is -0.758. The van der Waals surface area contributed by atoms with E-state index in [0.717, 1.165) is 39.0 Å². The molecule has 2 rings (SSSR count). The number of aliphatic carboxylic acids is 1. The Morgan fingerprint density at radius 3 is 2.80 bits per heavy atom. The van der Waals surface area contributed by atoms with E-state index in [9.17, 15) is 9.59 Å². The number of carbonyl (C=O) groups excluding carboxylic acids is 1. The lowest BCUT2D eigenvalue weighted by atomic mass is 10.0. The van der Waals surface area contributed by atoms with Crippen molar-refractivity contribution in [3.63, 3.8) is 0 Å². The first-order valence-electron chi connectivity index (χ1n) is 7.47. The summed E-state index contributed by atoms with van der Waals surface area (Å²) in [5.41, 5.74) is 0. The minimum absolute atomic E-state index is 0.0123. The van der Waals surface area contributed by atoms with E-state index < -0.39 is 5.97 Å². The molecule has 0 aliphatic carbocycles. The molecule has 0 aromatic carbocycles. The standard InChI is InChI=1S/C14H24N2O4/c17-13(18)2-1-11-4-7-16(9-11)14(19)15-6-3-12-5-8-20-10-12/h11-12H,1-10H2,(H,15,19)(H,17,18). The summed E-state index contributed by atoms with van der Waals surface area (Å²) >= 11 is 0. The van der Waals surface area contributed by atoms with Crippen molar-refractivity contribution in [2.45, 2.75) is 32.1 Å². The molecule has 0 radical (unpaired) electrons. The van der Waals surface area contributed by atoms with Crippen LogP contribution in [0, 0.1) is 11.8 Å². The Kier molecular flexibility index (Phi) is 5.64. The quantitative estimate of drug-likeness (QED) is 0.771. The van der Waals surface area contributed by atoms with Crippen LogP contribution in [0.25, 0.3) is 0 Å². The van der Waals surface area contributed by atoms with Gasteiger partial charge in [0.15, 0.2) is 0 Å². The van der Waals surface area contributed by atoms with Crippen LogP contribution in [0.2, 0.25) is 0 Å². The maximum Gasteiger partial charge on any atom is 0.317 e. The lowest BCUT2D eigenvalue weighted by molar-refractivity contribution is -0.137. The van der Waals surface area contributed by atoms with Crippen molar-refractivity contribution in [1.29, 1.82) is 0 Å². The first-order chi connectivity index (χ1) is 9.65. The van der Waals surface area contributed by atoms with Crippen LogP contribution < -0.4 is 5.32 Å². The number of likely N-dealkylation sites (tertiary alicyclic amines) is 1. The van der Waals surface area contributed by atoms with Gasteiger partial charge in [-0.25, -0.2) is 4.79 Å². The minimum Gasteiger partial charge on any atom is -0.481 e. The zero-order valence-electron chi connectivity index (χ0n) is 11.8. The molecule has 2 unspecified atom stereocenters. The number of urea groups is 1. The van der Waals surface area contributed by atoms with E-state index in [1.807, 2.05) is 0 Å². The highest BCUT2D eigenvalue weighted by Crippen LogP contribution is 2.21. The fourth-order valence-electron chi connectivity index (χ4n) is 2.89. The molecule has 2 heterocycles. The third kappa shape index (κ3) is 4.67. The Bertz CT molecular complexity index is 342. The number of carboxylic acid groups (broad SMARTS) is 1. The van der Waals surface area contributed by atoms with Crippen molar-refractivity contribution < 1.29 is 19.4 Å². The van der Waals surface area contributed by atoms with Crippen LogP contribution in [0.5, 0.6) is 0 Å². The number of rotatable bonds is 6. The first-order valence-corrected chi connectivity index (χ1v) is 7.47. The number of ether oxygens (including phenoxy) is 1. The fraction of sp³-hybridized carbons (Fsp3) is 0.857. The van der Waals surface area contributed by atoms with Crippen LogP contribution in [-0.4, -0.2) is 54.9 Å². The molecule has 2 amide bonds. The Balaban J connectivity index is 1.59. The number of carbonyl (C=O) groups is 2. The molecule has 6 heteroatoms. The average molecular weight is 284 g/mol. The number of hydrogen-bond donors (Lipinski definition) is 2. The van der Waals surface area contributed by atoms with E-state index >= 15 is 0 Å². The predicted octanol–water partition coefficient (Wildman–Crippen LogP) is 1.31. The number of amides is 2. The normalized spacial score (nSPS) is 25.9. The molecule has 2 N–H and O–H groups in total. The van der Waals surface area contributed by atoms with E-state index in [4.69, 9.17) is 9.84 Å². The highest BCUT2D eigenvalue weighted by atomic mass is 16.5. The molecule has 20 heavy (non-hydrogen) atoms. The predicted molar refractivity (Wildman–Crippen MR) is 73.5 cm³/mol. The van der Waals surface area contributed by atoms with Crippen LogP contribution in [0.4, 0.5) is 4.79 Å². The lowest BCUT2D eigenvalue weighted by Gasteiger charge is -2.18. The topological polar surface area (TPSA) is 78.9 Å². The molecule has 2 atom stereocenters. The van der Waals surface area contributed by atoms with Crippen molar-refractivity contribution in [3.05, 3.63) is 0 Å².